The molecule has 0 aliphatic carbocycles. The second-order valence-corrected chi connectivity index (χ2v) is 3.99. The summed E-state index contributed by atoms with van der Waals surface area (Å²) in [7, 11) is 0. The summed E-state index contributed by atoms with van der Waals surface area (Å²) in [5.74, 6) is -1.14. The molecule has 15 heavy (non-hydrogen) atoms. The first-order valence-corrected chi connectivity index (χ1v) is 5.18. The number of carbonyl (C=O) groups excluding carboxylic acids is 1. The maximum absolute atomic E-state index is 11.3. The SMILES string of the molecule is CC[C@H](C)NC(=O)N[C@H](C(=O)O)C(C)C. The standard InChI is InChI=1S/C10H20N2O3/c1-5-7(4)11-10(15)12-8(6(2)3)9(13)14/h6-8H,5H2,1-4H3,(H,13,14)(H2,11,12,15)/t7-,8-/m0/s1. The van der Waals surface area contributed by atoms with E-state index in [9.17, 15) is 9.59 Å². The third-order valence-electron chi connectivity index (χ3n) is 2.21. The van der Waals surface area contributed by atoms with Gasteiger partial charge < -0.3 is 15.7 Å². The van der Waals surface area contributed by atoms with Gasteiger partial charge in [-0.05, 0) is 19.3 Å². The minimum absolute atomic E-state index is 0.0478. The summed E-state index contributed by atoms with van der Waals surface area (Å²) in [6.07, 6.45) is 0.812. The second-order valence-electron chi connectivity index (χ2n) is 3.99. The second kappa shape index (κ2) is 6.27. The highest BCUT2D eigenvalue weighted by Crippen LogP contribution is 2.01. The summed E-state index contributed by atoms with van der Waals surface area (Å²) in [5, 5.41) is 13.9. The number of aliphatic carboxylic acids is 1. The number of carboxylic acid groups (broad SMARTS) is 1. The maximum Gasteiger partial charge on any atom is 0.326 e. The van der Waals surface area contributed by atoms with Gasteiger partial charge in [0, 0.05) is 6.04 Å². The third kappa shape index (κ3) is 5.24. The van der Waals surface area contributed by atoms with Crippen molar-refractivity contribution in [1.82, 2.24) is 10.6 Å². The van der Waals surface area contributed by atoms with E-state index in [0.29, 0.717) is 0 Å². The van der Waals surface area contributed by atoms with E-state index in [2.05, 4.69) is 10.6 Å². The minimum atomic E-state index is -1.01. The fraction of sp³-hybridized carbons (Fsp3) is 0.800. The molecule has 0 aromatic rings. The van der Waals surface area contributed by atoms with Crippen LogP contribution in [0.4, 0.5) is 4.79 Å². The smallest absolute Gasteiger partial charge is 0.326 e. The van der Waals surface area contributed by atoms with Gasteiger partial charge in [-0.25, -0.2) is 9.59 Å². The van der Waals surface area contributed by atoms with Gasteiger partial charge in [0.2, 0.25) is 0 Å². The van der Waals surface area contributed by atoms with E-state index in [-0.39, 0.29) is 12.0 Å². The van der Waals surface area contributed by atoms with Crippen LogP contribution < -0.4 is 10.6 Å². The van der Waals surface area contributed by atoms with Gasteiger partial charge in [-0.3, -0.25) is 0 Å². The van der Waals surface area contributed by atoms with Crippen molar-refractivity contribution in [3.8, 4) is 0 Å². The molecular formula is C10H20N2O3. The molecule has 0 spiro atoms. The molecule has 0 aliphatic rings. The lowest BCUT2D eigenvalue weighted by Gasteiger charge is -2.19. The Morgan fingerprint density at radius 1 is 1.20 bits per heavy atom. The van der Waals surface area contributed by atoms with Gasteiger partial charge in [-0.1, -0.05) is 20.8 Å². The molecule has 2 atom stereocenters. The van der Waals surface area contributed by atoms with Crippen LogP contribution in [0.1, 0.15) is 34.1 Å². The number of nitrogens with one attached hydrogen (secondary N) is 2. The summed E-state index contributed by atoms with van der Waals surface area (Å²) < 4.78 is 0. The van der Waals surface area contributed by atoms with Crippen LogP contribution in [0.15, 0.2) is 0 Å². The Hall–Kier alpha value is -1.26. The third-order valence-corrected chi connectivity index (χ3v) is 2.21. The Balaban J connectivity index is 4.18. The number of rotatable bonds is 5. The highest BCUT2D eigenvalue weighted by Gasteiger charge is 2.23. The molecule has 0 bridgehead atoms. The number of amides is 2. The molecule has 3 N–H and O–H groups in total. The van der Waals surface area contributed by atoms with Crippen LogP contribution in [0, 0.1) is 5.92 Å². The Morgan fingerprint density at radius 2 is 1.73 bits per heavy atom. The molecule has 0 aliphatic heterocycles. The molecular weight excluding hydrogens is 196 g/mol. The molecule has 88 valence electrons. The molecule has 2 amide bonds. The summed E-state index contributed by atoms with van der Waals surface area (Å²) in [5.41, 5.74) is 0. The van der Waals surface area contributed by atoms with Crippen molar-refractivity contribution in [2.24, 2.45) is 5.92 Å². The Kier molecular flexibility index (Phi) is 5.74. The fourth-order valence-corrected chi connectivity index (χ4v) is 1.02. The largest absolute Gasteiger partial charge is 0.480 e. The van der Waals surface area contributed by atoms with Gasteiger partial charge in [0.15, 0.2) is 0 Å². The van der Waals surface area contributed by atoms with Crippen LogP contribution in [-0.4, -0.2) is 29.2 Å². The van der Waals surface area contributed by atoms with E-state index < -0.39 is 18.0 Å². The predicted octanol–water partition coefficient (Wildman–Crippen LogP) is 1.19. The molecule has 5 nitrogen and oxygen atoms in total. The summed E-state index contributed by atoms with van der Waals surface area (Å²) in [4.78, 5) is 22.1. The molecule has 0 heterocycles. The van der Waals surface area contributed by atoms with Gasteiger partial charge in [-0.2, -0.15) is 0 Å². The quantitative estimate of drug-likeness (QED) is 0.646. The van der Waals surface area contributed by atoms with Crippen LogP contribution in [0.3, 0.4) is 0 Å². The van der Waals surface area contributed by atoms with Gasteiger partial charge in [0.1, 0.15) is 6.04 Å². The molecule has 0 saturated heterocycles. The number of carboxylic acids is 1. The number of hydrogen-bond donors (Lipinski definition) is 3. The summed E-state index contributed by atoms with van der Waals surface area (Å²) >= 11 is 0. The van der Waals surface area contributed by atoms with Crippen molar-refractivity contribution < 1.29 is 14.7 Å². The molecule has 0 fully saturated rings. The van der Waals surface area contributed by atoms with Crippen LogP contribution in [-0.2, 0) is 4.79 Å². The zero-order valence-corrected chi connectivity index (χ0v) is 9.70. The van der Waals surface area contributed by atoms with E-state index in [1.54, 1.807) is 13.8 Å². The predicted molar refractivity (Wildman–Crippen MR) is 57.7 cm³/mol. The van der Waals surface area contributed by atoms with E-state index in [1.807, 2.05) is 13.8 Å². The lowest BCUT2D eigenvalue weighted by Crippen LogP contribution is -2.50. The first kappa shape index (κ1) is 13.7. The van der Waals surface area contributed by atoms with Crippen molar-refractivity contribution in [3.63, 3.8) is 0 Å². The van der Waals surface area contributed by atoms with Crippen molar-refractivity contribution in [2.45, 2.75) is 46.2 Å². The number of hydrogen-bond acceptors (Lipinski definition) is 2. The average Bonchev–Trinajstić information content (AvgIpc) is 2.12. The van der Waals surface area contributed by atoms with E-state index in [0.717, 1.165) is 6.42 Å². The lowest BCUT2D eigenvalue weighted by atomic mass is 10.1. The summed E-state index contributed by atoms with van der Waals surface area (Å²) in [6.45, 7) is 7.32. The zero-order chi connectivity index (χ0) is 12.0. The molecule has 0 aromatic carbocycles. The van der Waals surface area contributed by atoms with Crippen molar-refractivity contribution in [3.05, 3.63) is 0 Å². The number of carbonyl (C=O) groups is 2. The van der Waals surface area contributed by atoms with Crippen LogP contribution in [0.5, 0.6) is 0 Å². The maximum atomic E-state index is 11.3. The van der Waals surface area contributed by atoms with Gasteiger partial charge in [0.05, 0.1) is 0 Å². The van der Waals surface area contributed by atoms with E-state index in [1.165, 1.54) is 0 Å². The van der Waals surface area contributed by atoms with Crippen molar-refractivity contribution in [1.29, 1.82) is 0 Å². The minimum Gasteiger partial charge on any atom is -0.480 e. The zero-order valence-electron chi connectivity index (χ0n) is 9.70. The molecule has 5 heteroatoms. The average molecular weight is 216 g/mol. The van der Waals surface area contributed by atoms with Gasteiger partial charge >= 0.3 is 12.0 Å². The molecule has 0 unspecified atom stereocenters. The Labute approximate surface area is 90.2 Å². The summed E-state index contributed by atoms with van der Waals surface area (Å²) in [6, 6.07) is -1.22. The van der Waals surface area contributed by atoms with E-state index >= 15 is 0 Å². The molecule has 0 saturated carbocycles. The fourth-order valence-electron chi connectivity index (χ4n) is 1.02. The van der Waals surface area contributed by atoms with E-state index in [4.69, 9.17) is 5.11 Å². The normalized spacial score (nSPS) is 14.5. The first-order chi connectivity index (χ1) is 6.88. The van der Waals surface area contributed by atoms with Crippen molar-refractivity contribution in [2.75, 3.05) is 0 Å². The molecule has 0 radical (unpaired) electrons. The lowest BCUT2D eigenvalue weighted by molar-refractivity contribution is -0.140. The number of urea groups is 1. The highest BCUT2D eigenvalue weighted by atomic mass is 16.4. The topological polar surface area (TPSA) is 78.4 Å². The molecule has 0 rings (SSSR count). The molecule has 0 aromatic heterocycles. The Morgan fingerprint density at radius 3 is 2.07 bits per heavy atom. The monoisotopic (exact) mass is 216 g/mol. The van der Waals surface area contributed by atoms with Crippen LogP contribution in [0.25, 0.3) is 0 Å². The highest BCUT2D eigenvalue weighted by molar-refractivity contribution is 5.82. The first-order valence-electron chi connectivity index (χ1n) is 5.18. The van der Waals surface area contributed by atoms with Gasteiger partial charge in [-0.15, -0.1) is 0 Å². The van der Waals surface area contributed by atoms with Crippen LogP contribution in [0.2, 0.25) is 0 Å². The Bertz CT molecular complexity index is 229. The van der Waals surface area contributed by atoms with Gasteiger partial charge in [0.25, 0.3) is 0 Å². The van der Waals surface area contributed by atoms with Crippen LogP contribution >= 0.6 is 0 Å². The van der Waals surface area contributed by atoms with Crippen molar-refractivity contribution >= 4 is 12.0 Å².